The largest absolute Gasteiger partial charge is 0.399 e. The summed E-state index contributed by atoms with van der Waals surface area (Å²) in [6.45, 7) is 2.02. The molecule has 0 unspecified atom stereocenters. The van der Waals surface area contributed by atoms with Crippen molar-refractivity contribution in [1.29, 1.82) is 0 Å². The van der Waals surface area contributed by atoms with Crippen molar-refractivity contribution in [2.75, 3.05) is 18.8 Å². The van der Waals surface area contributed by atoms with Crippen LogP contribution in [-0.4, -0.2) is 13.1 Å². The Morgan fingerprint density at radius 2 is 1.44 bits per heavy atom. The lowest BCUT2D eigenvalue weighted by molar-refractivity contribution is 0.682. The molecule has 0 heterocycles. The summed E-state index contributed by atoms with van der Waals surface area (Å²) in [4.78, 5) is 0. The standard InChI is InChI=1S/C16H20N2/c17-16-8-4-7-15(13-16)10-12-18-11-9-14-5-2-1-3-6-14/h1-8,13,18H,9-12,17H2. The molecule has 0 saturated carbocycles. The van der Waals surface area contributed by atoms with Crippen LogP contribution in [0.2, 0.25) is 0 Å². The monoisotopic (exact) mass is 240 g/mol. The Morgan fingerprint density at radius 3 is 2.17 bits per heavy atom. The first-order valence-electron chi connectivity index (χ1n) is 6.43. The minimum absolute atomic E-state index is 0.844. The van der Waals surface area contributed by atoms with E-state index < -0.39 is 0 Å². The highest BCUT2D eigenvalue weighted by Crippen LogP contribution is 2.06. The lowest BCUT2D eigenvalue weighted by Gasteiger charge is -2.05. The third-order valence-electron chi connectivity index (χ3n) is 2.97. The summed E-state index contributed by atoms with van der Waals surface area (Å²) < 4.78 is 0. The van der Waals surface area contributed by atoms with Gasteiger partial charge in [-0.3, -0.25) is 0 Å². The molecule has 0 spiro atoms. The minimum atomic E-state index is 0.844. The van der Waals surface area contributed by atoms with Crippen molar-refractivity contribution in [2.45, 2.75) is 12.8 Å². The normalized spacial score (nSPS) is 10.4. The van der Waals surface area contributed by atoms with Gasteiger partial charge in [0.2, 0.25) is 0 Å². The van der Waals surface area contributed by atoms with Crippen molar-refractivity contribution in [3.63, 3.8) is 0 Å². The summed E-state index contributed by atoms with van der Waals surface area (Å²) in [5.41, 5.74) is 9.27. The first-order chi connectivity index (χ1) is 8.84. The number of nitrogens with two attached hydrogens (primary N) is 1. The van der Waals surface area contributed by atoms with E-state index in [0.29, 0.717) is 0 Å². The van der Waals surface area contributed by atoms with E-state index in [1.807, 2.05) is 18.2 Å². The Hall–Kier alpha value is -1.80. The molecule has 94 valence electrons. The van der Waals surface area contributed by atoms with Crippen LogP contribution in [0.5, 0.6) is 0 Å². The molecule has 2 rings (SSSR count). The summed E-state index contributed by atoms with van der Waals surface area (Å²) in [5.74, 6) is 0. The first-order valence-corrected chi connectivity index (χ1v) is 6.43. The maximum atomic E-state index is 5.74. The molecule has 2 aromatic carbocycles. The van der Waals surface area contributed by atoms with Crippen LogP contribution in [0.3, 0.4) is 0 Å². The van der Waals surface area contributed by atoms with Crippen LogP contribution >= 0.6 is 0 Å². The fourth-order valence-electron chi connectivity index (χ4n) is 1.98. The van der Waals surface area contributed by atoms with Gasteiger partial charge in [-0.2, -0.15) is 0 Å². The van der Waals surface area contributed by atoms with Gasteiger partial charge in [-0.15, -0.1) is 0 Å². The van der Waals surface area contributed by atoms with Crippen LogP contribution in [0.4, 0.5) is 5.69 Å². The van der Waals surface area contributed by atoms with Crippen LogP contribution < -0.4 is 11.1 Å². The van der Waals surface area contributed by atoms with Gasteiger partial charge in [-0.05, 0) is 49.2 Å². The number of hydrogen-bond donors (Lipinski definition) is 2. The number of rotatable bonds is 6. The van der Waals surface area contributed by atoms with Gasteiger partial charge in [0.1, 0.15) is 0 Å². The molecule has 2 heteroatoms. The fraction of sp³-hybridized carbons (Fsp3) is 0.250. The Kier molecular flexibility index (Phi) is 4.79. The van der Waals surface area contributed by atoms with E-state index in [2.05, 4.69) is 41.7 Å². The van der Waals surface area contributed by atoms with E-state index in [-0.39, 0.29) is 0 Å². The second kappa shape index (κ2) is 6.82. The molecule has 18 heavy (non-hydrogen) atoms. The molecule has 0 aliphatic rings. The molecule has 0 aliphatic carbocycles. The summed E-state index contributed by atoms with van der Waals surface area (Å²) in [7, 11) is 0. The highest BCUT2D eigenvalue weighted by Gasteiger charge is 1.94. The molecule has 0 bridgehead atoms. The molecule has 0 saturated heterocycles. The molecule has 0 aromatic heterocycles. The highest BCUT2D eigenvalue weighted by atomic mass is 14.8. The second-order valence-electron chi connectivity index (χ2n) is 4.48. The molecule has 0 radical (unpaired) electrons. The van der Waals surface area contributed by atoms with E-state index >= 15 is 0 Å². The van der Waals surface area contributed by atoms with Crippen LogP contribution in [0, 0.1) is 0 Å². The number of hydrogen-bond acceptors (Lipinski definition) is 2. The quantitative estimate of drug-likeness (QED) is 0.602. The van der Waals surface area contributed by atoms with Gasteiger partial charge < -0.3 is 11.1 Å². The molecular formula is C16H20N2. The molecule has 3 N–H and O–H groups in total. The number of anilines is 1. The van der Waals surface area contributed by atoms with Crippen molar-refractivity contribution in [3.8, 4) is 0 Å². The Morgan fingerprint density at radius 1 is 0.778 bits per heavy atom. The van der Waals surface area contributed by atoms with E-state index in [1.54, 1.807) is 0 Å². The lowest BCUT2D eigenvalue weighted by Crippen LogP contribution is -2.20. The second-order valence-corrected chi connectivity index (χ2v) is 4.48. The molecule has 2 nitrogen and oxygen atoms in total. The summed E-state index contributed by atoms with van der Waals surface area (Å²) in [5, 5.41) is 3.46. The maximum Gasteiger partial charge on any atom is 0.0316 e. The van der Waals surface area contributed by atoms with Crippen molar-refractivity contribution in [3.05, 3.63) is 65.7 Å². The smallest absolute Gasteiger partial charge is 0.0316 e. The highest BCUT2D eigenvalue weighted by molar-refractivity contribution is 5.40. The number of nitrogen functional groups attached to an aromatic ring is 1. The van der Waals surface area contributed by atoms with Crippen LogP contribution in [0.25, 0.3) is 0 Å². The Balaban J connectivity index is 1.65. The third-order valence-corrected chi connectivity index (χ3v) is 2.97. The molecular weight excluding hydrogens is 220 g/mol. The Bertz CT molecular complexity index is 466. The number of benzene rings is 2. The van der Waals surface area contributed by atoms with E-state index in [4.69, 9.17) is 5.73 Å². The van der Waals surface area contributed by atoms with Crippen LogP contribution in [0.1, 0.15) is 11.1 Å². The predicted octanol–water partition coefficient (Wildman–Crippen LogP) is 2.64. The van der Waals surface area contributed by atoms with Gasteiger partial charge in [-0.25, -0.2) is 0 Å². The molecule has 0 fully saturated rings. The average molecular weight is 240 g/mol. The Labute approximate surface area is 109 Å². The lowest BCUT2D eigenvalue weighted by atomic mass is 10.1. The minimum Gasteiger partial charge on any atom is -0.399 e. The molecule has 0 amide bonds. The summed E-state index contributed by atoms with van der Waals surface area (Å²) in [6.07, 6.45) is 2.11. The molecule has 0 aliphatic heterocycles. The van der Waals surface area contributed by atoms with Crippen LogP contribution in [0.15, 0.2) is 54.6 Å². The van der Waals surface area contributed by atoms with E-state index in [0.717, 1.165) is 31.6 Å². The van der Waals surface area contributed by atoms with Crippen molar-refractivity contribution in [2.24, 2.45) is 0 Å². The van der Waals surface area contributed by atoms with Gasteiger partial charge in [0, 0.05) is 5.69 Å². The first kappa shape index (κ1) is 12.7. The average Bonchev–Trinajstić information content (AvgIpc) is 2.40. The van der Waals surface area contributed by atoms with Crippen molar-refractivity contribution in [1.82, 2.24) is 5.32 Å². The van der Waals surface area contributed by atoms with Gasteiger partial charge in [0.15, 0.2) is 0 Å². The zero-order chi connectivity index (χ0) is 12.6. The fourth-order valence-corrected chi connectivity index (χ4v) is 1.98. The maximum absolute atomic E-state index is 5.74. The molecule has 2 aromatic rings. The zero-order valence-electron chi connectivity index (χ0n) is 10.6. The topological polar surface area (TPSA) is 38.0 Å². The van der Waals surface area contributed by atoms with Crippen molar-refractivity contribution >= 4 is 5.69 Å². The third kappa shape index (κ3) is 4.22. The van der Waals surface area contributed by atoms with E-state index in [9.17, 15) is 0 Å². The SMILES string of the molecule is Nc1cccc(CCNCCc2ccccc2)c1. The van der Waals surface area contributed by atoms with Gasteiger partial charge in [0.25, 0.3) is 0 Å². The van der Waals surface area contributed by atoms with Crippen molar-refractivity contribution < 1.29 is 0 Å². The number of nitrogens with one attached hydrogen (secondary N) is 1. The van der Waals surface area contributed by atoms with Crippen LogP contribution in [-0.2, 0) is 12.8 Å². The van der Waals surface area contributed by atoms with Gasteiger partial charge in [-0.1, -0.05) is 42.5 Å². The van der Waals surface area contributed by atoms with Gasteiger partial charge >= 0.3 is 0 Å². The summed E-state index contributed by atoms with van der Waals surface area (Å²) in [6, 6.07) is 18.6. The predicted molar refractivity (Wildman–Crippen MR) is 77.6 cm³/mol. The summed E-state index contributed by atoms with van der Waals surface area (Å²) >= 11 is 0. The van der Waals surface area contributed by atoms with E-state index in [1.165, 1.54) is 11.1 Å². The van der Waals surface area contributed by atoms with Gasteiger partial charge in [0.05, 0.1) is 0 Å². The zero-order valence-corrected chi connectivity index (χ0v) is 10.6. The molecule has 0 atom stereocenters.